The molecule has 2 fully saturated rings. The van der Waals surface area contributed by atoms with Crippen LogP contribution in [0.15, 0.2) is 40.3 Å². The predicted molar refractivity (Wildman–Crippen MR) is 105 cm³/mol. The van der Waals surface area contributed by atoms with Crippen molar-refractivity contribution in [3.63, 3.8) is 0 Å². The number of fused-ring (bicyclic) bond motifs is 1. The summed E-state index contributed by atoms with van der Waals surface area (Å²) in [7, 11) is 0. The van der Waals surface area contributed by atoms with Crippen LogP contribution < -0.4 is 5.32 Å². The molecular weight excluding hydrogens is 437 g/mol. The van der Waals surface area contributed by atoms with Crippen molar-refractivity contribution in [1.29, 1.82) is 0 Å². The van der Waals surface area contributed by atoms with Crippen molar-refractivity contribution in [2.45, 2.75) is 44.3 Å². The van der Waals surface area contributed by atoms with Crippen molar-refractivity contribution < 1.29 is 37.0 Å². The molecule has 7 nitrogen and oxygen atoms in total. The van der Waals surface area contributed by atoms with Crippen LogP contribution in [0.4, 0.5) is 13.2 Å². The van der Waals surface area contributed by atoms with Crippen molar-refractivity contribution in [3.05, 3.63) is 46.5 Å². The topological polar surface area (TPSA) is 92.0 Å². The number of nitrogens with zero attached hydrogens (tertiary/aromatic N) is 1. The van der Waals surface area contributed by atoms with E-state index >= 15 is 0 Å². The summed E-state index contributed by atoms with van der Waals surface area (Å²) in [5, 5.41) is 12.1. The maximum absolute atomic E-state index is 12.0. The van der Waals surface area contributed by atoms with Gasteiger partial charge in [-0.2, -0.15) is 13.2 Å². The average Bonchev–Trinajstić information content (AvgIpc) is 3.45. The quantitative estimate of drug-likeness (QED) is 0.688. The number of alkyl halides is 3. The predicted octanol–water partition coefficient (Wildman–Crippen LogP) is 3.27. The van der Waals surface area contributed by atoms with E-state index in [2.05, 4.69) is 27.7 Å². The van der Waals surface area contributed by atoms with Gasteiger partial charge in [-0.15, -0.1) is 11.3 Å². The van der Waals surface area contributed by atoms with Gasteiger partial charge in [0.2, 0.25) is 5.91 Å². The zero-order valence-electron chi connectivity index (χ0n) is 16.5. The highest BCUT2D eigenvalue weighted by Crippen LogP contribution is 2.35. The molecule has 170 valence electrons. The molecule has 0 bridgehead atoms. The van der Waals surface area contributed by atoms with E-state index in [1.165, 1.54) is 4.88 Å². The van der Waals surface area contributed by atoms with Crippen LogP contribution in [-0.4, -0.2) is 53.4 Å². The van der Waals surface area contributed by atoms with E-state index in [0.29, 0.717) is 18.9 Å². The minimum atomic E-state index is -5.08. The molecular formula is C20H23F3N2O5S. The van der Waals surface area contributed by atoms with E-state index in [0.717, 1.165) is 31.8 Å². The lowest BCUT2D eigenvalue weighted by atomic mass is 10.0. The number of carboxylic acids is 1. The Balaban J connectivity index is 0.000000339. The standard InChI is InChI=1S/C18H22N2O3S.C2HF3O2/c21-18(19-9-14-3-1-5-22-14)8-15-7-13-10-20(12-17(13)23-15)11-16-4-2-6-24-16;3-2(4,5)1(6)7/h1-6,13,15,17H,7-12H2,(H,19,21);(H,6,7)/t13-,15-,17+;/m0./s1. The Kier molecular flexibility index (Phi) is 7.74. The Morgan fingerprint density at radius 3 is 2.61 bits per heavy atom. The molecule has 0 aliphatic carbocycles. The van der Waals surface area contributed by atoms with Gasteiger partial charge in [0.1, 0.15) is 5.76 Å². The van der Waals surface area contributed by atoms with Crippen LogP contribution in [0.3, 0.4) is 0 Å². The van der Waals surface area contributed by atoms with Crippen LogP contribution in [0.1, 0.15) is 23.5 Å². The minimum Gasteiger partial charge on any atom is -0.475 e. The zero-order chi connectivity index (χ0) is 22.4. The molecule has 2 N–H and O–H groups in total. The highest BCUT2D eigenvalue weighted by atomic mass is 32.1. The van der Waals surface area contributed by atoms with Gasteiger partial charge in [0.05, 0.1) is 31.4 Å². The maximum atomic E-state index is 12.0. The first-order chi connectivity index (χ1) is 14.7. The van der Waals surface area contributed by atoms with Crippen molar-refractivity contribution in [2.75, 3.05) is 13.1 Å². The molecule has 2 aliphatic rings. The lowest BCUT2D eigenvalue weighted by Crippen LogP contribution is -2.29. The Morgan fingerprint density at radius 2 is 2.03 bits per heavy atom. The number of likely N-dealkylation sites (tertiary alicyclic amines) is 1. The highest BCUT2D eigenvalue weighted by molar-refractivity contribution is 7.09. The number of hydrogen-bond acceptors (Lipinski definition) is 6. The summed E-state index contributed by atoms with van der Waals surface area (Å²) in [5.41, 5.74) is 0. The third-order valence-electron chi connectivity index (χ3n) is 5.04. The van der Waals surface area contributed by atoms with Crippen LogP contribution >= 0.6 is 11.3 Å². The molecule has 3 atom stereocenters. The first-order valence-corrected chi connectivity index (χ1v) is 10.6. The first kappa shape index (κ1) is 23.3. The van der Waals surface area contributed by atoms with Gasteiger partial charge in [-0.05, 0) is 30.0 Å². The Bertz CT molecular complexity index is 828. The maximum Gasteiger partial charge on any atom is 0.490 e. The van der Waals surface area contributed by atoms with Crippen molar-refractivity contribution >= 4 is 23.2 Å². The summed E-state index contributed by atoms with van der Waals surface area (Å²) >= 11 is 1.81. The van der Waals surface area contributed by atoms with Crippen molar-refractivity contribution in [2.24, 2.45) is 5.92 Å². The summed E-state index contributed by atoms with van der Waals surface area (Å²) in [6, 6.07) is 7.97. The number of ether oxygens (including phenoxy) is 1. The molecule has 0 saturated carbocycles. The second-order valence-electron chi connectivity index (χ2n) is 7.43. The van der Waals surface area contributed by atoms with Gasteiger partial charge in [-0.25, -0.2) is 4.79 Å². The summed E-state index contributed by atoms with van der Waals surface area (Å²) in [5.74, 6) is -1.39. The van der Waals surface area contributed by atoms with Gasteiger partial charge in [-0.3, -0.25) is 9.69 Å². The van der Waals surface area contributed by atoms with Crippen LogP contribution in [0.2, 0.25) is 0 Å². The molecule has 2 aromatic rings. The number of carbonyl (C=O) groups excluding carboxylic acids is 1. The SMILES string of the molecule is O=C(C[C@@H]1C[C@H]2CN(Cc3cccs3)C[C@H]2O1)NCc1ccco1.O=C(O)C(F)(F)F. The van der Waals surface area contributed by atoms with Gasteiger partial charge in [0.15, 0.2) is 0 Å². The fraction of sp³-hybridized carbons (Fsp3) is 0.500. The average molecular weight is 460 g/mol. The van der Waals surface area contributed by atoms with Gasteiger partial charge in [0, 0.05) is 30.4 Å². The van der Waals surface area contributed by atoms with E-state index in [-0.39, 0.29) is 18.1 Å². The van der Waals surface area contributed by atoms with E-state index < -0.39 is 12.1 Å². The lowest BCUT2D eigenvalue weighted by Gasteiger charge is -2.18. The third kappa shape index (κ3) is 7.08. The van der Waals surface area contributed by atoms with Crippen molar-refractivity contribution in [3.8, 4) is 0 Å². The van der Waals surface area contributed by atoms with Crippen LogP contribution in [0.5, 0.6) is 0 Å². The minimum absolute atomic E-state index is 0.0341. The van der Waals surface area contributed by atoms with Gasteiger partial charge in [-0.1, -0.05) is 6.07 Å². The van der Waals surface area contributed by atoms with E-state index in [9.17, 15) is 18.0 Å². The van der Waals surface area contributed by atoms with E-state index in [4.69, 9.17) is 19.1 Å². The molecule has 2 aromatic heterocycles. The second-order valence-corrected chi connectivity index (χ2v) is 8.46. The summed E-state index contributed by atoms with van der Waals surface area (Å²) < 4.78 is 43.1. The third-order valence-corrected chi connectivity index (χ3v) is 5.91. The summed E-state index contributed by atoms with van der Waals surface area (Å²) in [6.45, 7) is 3.52. The molecule has 1 amide bonds. The molecule has 2 saturated heterocycles. The number of hydrogen-bond donors (Lipinski definition) is 2. The smallest absolute Gasteiger partial charge is 0.475 e. The lowest BCUT2D eigenvalue weighted by molar-refractivity contribution is -0.192. The van der Waals surface area contributed by atoms with Crippen molar-refractivity contribution in [1.82, 2.24) is 10.2 Å². The number of thiophene rings is 1. The highest BCUT2D eigenvalue weighted by Gasteiger charge is 2.42. The molecule has 2 aliphatic heterocycles. The number of rotatable bonds is 6. The molecule has 11 heteroatoms. The number of amides is 1. The largest absolute Gasteiger partial charge is 0.490 e. The molecule has 0 spiro atoms. The number of carboxylic acid groups (broad SMARTS) is 1. The number of furan rings is 1. The van der Waals surface area contributed by atoms with Crippen LogP contribution in [0, 0.1) is 5.92 Å². The monoisotopic (exact) mass is 460 g/mol. The number of carbonyl (C=O) groups is 2. The Morgan fingerprint density at radius 1 is 1.26 bits per heavy atom. The first-order valence-electron chi connectivity index (χ1n) is 9.70. The fourth-order valence-corrected chi connectivity index (χ4v) is 4.46. The van der Waals surface area contributed by atoms with Gasteiger partial charge < -0.3 is 19.6 Å². The molecule has 4 rings (SSSR count). The fourth-order valence-electron chi connectivity index (χ4n) is 3.71. The number of nitrogens with one attached hydrogen (secondary N) is 1. The van der Waals surface area contributed by atoms with Crippen LogP contribution in [-0.2, 0) is 27.4 Å². The Labute approximate surface area is 180 Å². The van der Waals surface area contributed by atoms with E-state index in [1.807, 2.05) is 23.5 Å². The molecule has 0 aromatic carbocycles. The molecule has 0 radical (unpaired) electrons. The molecule has 31 heavy (non-hydrogen) atoms. The second kappa shape index (κ2) is 10.3. The van der Waals surface area contributed by atoms with E-state index in [1.54, 1.807) is 6.26 Å². The Hall–Kier alpha value is -2.37. The number of aliphatic carboxylic acids is 1. The normalized spacial score (nSPS) is 23.1. The molecule has 4 heterocycles. The zero-order valence-corrected chi connectivity index (χ0v) is 17.3. The van der Waals surface area contributed by atoms with Gasteiger partial charge >= 0.3 is 12.1 Å². The number of halogens is 3. The van der Waals surface area contributed by atoms with Crippen LogP contribution in [0.25, 0.3) is 0 Å². The molecule has 0 unspecified atom stereocenters. The van der Waals surface area contributed by atoms with Gasteiger partial charge in [0.25, 0.3) is 0 Å². The summed E-state index contributed by atoms with van der Waals surface area (Å²) in [4.78, 5) is 24.8. The summed E-state index contributed by atoms with van der Waals surface area (Å²) in [6.07, 6.45) is -1.70.